The molecule has 0 amide bonds. The summed E-state index contributed by atoms with van der Waals surface area (Å²) in [6.45, 7) is 6.94. The third-order valence-corrected chi connectivity index (χ3v) is 3.54. The molecule has 1 aromatic rings. The van der Waals surface area contributed by atoms with Crippen molar-refractivity contribution in [3.05, 3.63) is 28.8 Å². The summed E-state index contributed by atoms with van der Waals surface area (Å²) in [6, 6.07) is 6.00. The summed E-state index contributed by atoms with van der Waals surface area (Å²) >= 11 is 6.33. The maximum atomic E-state index is 9.76. The molecule has 1 aromatic carbocycles. The predicted octanol–water partition coefficient (Wildman–Crippen LogP) is 2.53. The van der Waals surface area contributed by atoms with Crippen LogP contribution in [-0.2, 0) is 11.3 Å². The molecule has 1 rings (SSSR count). The zero-order chi connectivity index (χ0) is 15.8. The van der Waals surface area contributed by atoms with E-state index in [-0.39, 0.29) is 0 Å². The fourth-order valence-electron chi connectivity index (χ4n) is 2.08. The summed E-state index contributed by atoms with van der Waals surface area (Å²) in [6.07, 6.45) is -0.508. The Kier molecular flexibility index (Phi) is 8.04. The number of hydrogen-bond acceptors (Lipinski definition) is 4. The van der Waals surface area contributed by atoms with Gasteiger partial charge in [-0.05, 0) is 30.2 Å². The normalized spacial score (nSPS) is 12.7. The van der Waals surface area contributed by atoms with Crippen molar-refractivity contribution < 1.29 is 9.84 Å². The molecule has 0 aromatic heterocycles. The lowest BCUT2D eigenvalue weighted by Crippen LogP contribution is -2.31. The van der Waals surface area contributed by atoms with Crippen LogP contribution in [0.25, 0.3) is 0 Å². The largest absolute Gasteiger partial charge is 0.389 e. The maximum Gasteiger partial charge on any atom is 0.0947 e. The van der Waals surface area contributed by atoms with Crippen LogP contribution in [0.2, 0.25) is 5.02 Å². The number of anilines is 1. The number of nitrogens with one attached hydrogen (secondary N) is 1. The third-order valence-electron chi connectivity index (χ3n) is 3.19. The topological polar surface area (TPSA) is 44.7 Å². The minimum atomic E-state index is -0.508. The molecule has 4 nitrogen and oxygen atoms in total. The van der Waals surface area contributed by atoms with E-state index in [1.165, 1.54) is 0 Å². The number of methoxy groups -OCH3 is 1. The van der Waals surface area contributed by atoms with E-state index >= 15 is 0 Å². The van der Waals surface area contributed by atoms with Crippen molar-refractivity contribution in [2.75, 3.05) is 38.8 Å². The van der Waals surface area contributed by atoms with Gasteiger partial charge < -0.3 is 20.1 Å². The molecule has 0 radical (unpaired) electrons. The summed E-state index contributed by atoms with van der Waals surface area (Å²) in [4.78, 5) is 1.97. The number of halogens is 1. The Bertz CT molecular complexity index is 427. The van der Waals surface area contributed by atoms with Crippen molar-refractivity contribution in [2.45, 2.75) is 26.5 Å². The van der Waals surface area contributed by atoms with Crippen LogP contribution in [0.1, 0.15) is 19.4 Å². The first-order valence-corrected chi connectivity index (χ1v) is 7.69. The predicted molar refractivity (Wildman–Crippen MR) is 89.1 cm³/mol. The van der Waals surface area contributed by atoms with Crippen molar-refractivity contribution >= 4 is 17.3 Å². The molecule has 0 fully saturated rings. The van der Waals surface area contributed by atoms with Crippen molar-refractivity contribution in [3.8, 4) is 0 Å². The van der Waals surface area contributed by atoms with Crippen LogP contribution in [-0.4, -0.2) is 45.1 Å². The van der Waals surface area contributed by atoms with Crippen LogP contribution in [0.3, 0.4) is 0 Å². The first-order valence-electron chi connectivity index (χ1n) is 7.31. The van der Waals surface area contributed by atoms with Crippen LogP contribution < -0.4 is 10.2 Å². The van der Waals surface area contributed by atoms with E-state index in [2.05, 4.69) is 19.2 Å². The van der Waals surface area contributed by atoms with Crippen LogP contribution in [0.5, 0.6) is 0 Å². The molecule has 5 heteroatoms. The Balaban J connectivity index is 2.60. The molecule has 0 aliphatic rings. The van der Waals surface area contributed by atoms with Crippen LogP contribution in [0.15, 0.2) is 18.2 Å². The third kappa shape index (κ3) is 6.66. The number of hydrogen-bond donors (Lipinski definition) is 2. The van der Waals surface area contributed by atoms with Gasteiger partial charge in [0.05, 0.1) is 12.7 Å². The van der Waals surface area contributed by atoms with Crippen molar-refractivity contribution in [3.63, 3.8) is 0 Å². The van der Waals surface area contributed by atoms with Gasteiger partial charge in [-0.25, -0.2) is 0 Å². The maximum absolute atomic E-state index is 9.76. The molecule has 0 heterocycles. The molecule has 0 aliphatic carbocycles. The summed E-state index contributed by atoms with van der Waals surface area (Å²) in [5.74, 6) is 0.622. The molecule has 0 saturated heterocycles. The number of likely N-dealkylation sites (N-methyl/N-ethyl adjacent to an activating group) is 1. The minimum Gasteiger partial charge on any atom is -0.389 e. The number of aliphatic hydroxyl groups is 1. The molecule has 21 heavy (non-hydrogen) atoms. The fraction of sp³-hybridized carbons (Fsp3) is 0.625. The molecule has 0 saturated carbocycles. The second-order valence-electron chi connectivity index (χ2n) is 5.79. The van der Waals surface area contributed by atoms with Gasteiger partial charge in [0.1, 0.15) is 0 Å². The molecule has 0 spiro atoms. The summed E-state index contributed by atoms with van der Waals surface area (Å²) in [5, 5.41) is 13.9. The molecule has 1 atom stereocenters. The standard InChI is InChI=1S/C16H27ClN2O2/c1-12(2)8-18-9-13-5-6-14(7-16(13)17)19(3)10-15(20)11-21-4/h5-7,12,15,18,20H,8-11H2,1-4H3. The average Bonchev–Trinajstić information content (AvgIpc) is 2.40. The van der Waals surface area contributed by atoms with Gasteiger partial charge >= 0.3 is 0 Å². The zero-order valence-electron chi connectivity index (χ0n) is 13.4. The first-order chi connectivity index (χ1) is 9.93. The van der Waals surface area contributed by atoms with E-state index in [0.717, 1.165) is 29.4 Å². The Morgan fingerprint density at radius 1 is 1.38 bits per heavy atom. The van der Waals surface area contributed by atoms with Crippen molar-refractivity contribution in [1.29, 1.82) is 0 Å². The van der Waals surface area contributed by atoms with Crippen LogP contribution >= 0.6 is 11.6 Å². The summed E-state index contributed by atoms with van der Waals surface area (Å²) < 4.78 is 4.94. The fourth-order valence-corrected chi connectivity index (χ4v) is 2.32. The van der Waals surface area contributed by atoms with Gasteiger partial charge in [0, 0.05) is 38.0 Å². The lowest BCUT2D eigenvalue weighted by molar-refractivity contribution is 0.0695. The number of aliphatic hydroxyl groups excluding tert-OH is 1. The van der Waals surface area contributed by atoms with Gasteiger partial charge in [0.25, 0.3) is 0 Å². The summed E-state index contributed by atoms with van der Waals surface area (Å²) in [5.41, 5.74) is 2.08. The van der Waals surface area contributed by atoms with Gasteiger partial charge in [-0.1, -0.05) is 31.5 Å². The molecule has 120 valence electrons. The second-order valence-corrected chi connectivity index (χ2v) is 6.20. The zero-order valence-corrected chi connectivity index (χ0v) is 14.2. The van der Waals surface area contributed by atoms with E-state index in [1.54, 1.807) is 7.11 Å². The highest BCUT2D eigenvalue weighted by Crippen LogP contribution is 2.23. The smallest absolute Gasteiger partial charge is 0.0947 e. The van der Waals surface area contributed by atoms with Crippen LogP contribution in [0.4, 0.5) is 5.69 Å². The highest BCUT2D eigenvalue weighted by atomic mass is 35.5. The van der Waals surface area contributed by atoms with E-state index in [1.807, 2.05) is 30.1 Å². The molecule has 2 N–H and O–H groups in total. The Hall–Kier alpha value is -0.810. The first kappa shape index (κ1) is 18.2. The van der Waals surface area contributed by atoms with Crippen molar-refractivity contribution in [2.24, 2.45) is 5.92 Å². The molecule has 0 bridgehead atoms. The minimum absolute atomic E-state index is 0.329. The lowest BCUT2D eigenvalue weighted by atomic mass is 10.1. The van der Waals surface area contributed by atoms with Gasteiger partial charge in [0.15, 0.2) is 0 Å². The molecule has 0 aliphatic heterocycles. The lowest BCUT2D eigenvalue weighted by Gasteiger charge is -2.23. The molecular weight excluding hydrogens is 288 g/mol. The highest BCUT2D eigenvalue weighted by Gasteiger charge is 2.10. The monoisotopic (exact) mass is 314 g/mol. The molecule has 1 unspecified atom stereocenters. The quantitative estimate of drug-likeness (QED) is 0.735. The van der Waals surface area contributed by atoms with Crippen LogP contribution in [0, 0.1) is 5.92 Å². The number of nitrogens with zero attached hydrogens (tertiary/aromatic N) is 1. The van der Waals surface area contributed by atoms with E-state index in [4.69, 9.17) is 16.3 Å². The number of benzene rings is 1. The Morgan fingerprint density at radius 2 is 2.10 bits per heavy atom. The van der Waals surface area contributed by atoms with E-state index in [9.17, 15) is 5.11 Å². The Morgan fingerprint density at radius 3 is 2.67 bits per heavy atom. The van der Waals surface area contributed by atoms with Gasteiger partial charge in [-0.2, -0.15) is 0 Å². The Labute approximate surface area is 133 Å². The number of ether oxygens (including phenoxy) is 1. The SMILES string of the molecule is COCC(O)CN(C)c1ccc(CNCC(C)C)c(Cl)c1. The summed E-state index contributed by atoms with van der Waals surface area (Å²) in [7, 11) is 3.51. The number of rotatable bonds is 9. The van der Waals surface area contributed by atoms with Gasteiger partial charge in [0.2, 0.25) is 0 Å². The van der Waals surface area contributed by atoms with E-state index in [0.29, 0.717) is 19.1 Å². The highest BCUT2D eigenvalue weighted by molar-refractivity contribution is 6.31. The van der Waals surface area contributed by atoms with Crippen molar-refractivity contribution in [1.82, 2.24) is 5.32 Å². The van der Waals surface area contributed by atoms with E-state index < -0.39 is 6.10 Å². The average molecular weight is 315 g/mol. The second kappa shape index (κ2) is 9.26. The molecular formula is C16H27ClN2O2. The van der Waals surface area contributed by atoms with Gasteiger partial charge in [-0.15, -0.1) is 0 Å². The van der Waals surface area contributed by atoms with Gasteiger partial charge in [-0.3, -0.25) is 0 Å².